The molecule has 302 valence electrons. The molecule has 4 rings (SSSR count). The van der Waals surface area contributed by atoms with E-state index in [4.69, 9.17) is 49.1 Å². The number of carbonyl (C=O) groups excluding carboxylic acids is 3. The van der Waals surface area contributed by atoms with Crippen LogP contribution in [-0.4, -0.2) is 103 Å². The highest BCUT2D eigenvalue weighted by Gasteiger charge is 2.29. The number of halogens is 3. The number of carbonyl (C=O) groups is 3. The lowest BCUT2D eigenvalue weighted by Crippen LogP contribution is -2.42. The van der Waals surface area contributed by atoms with E-state index >= 15 is 0 Å². The fourth-order valence-corrected chi connectivity index (χ4v) is 5.75. The van der Waals surface area contributed by atoms with Gasteiger partial charge < -0.3 is 44.5 Å². The van der Waals surface area contributed by atoms with Gasteiger partial charge in [-0.15, -0.1) is 34.8 Å². The third-order valence-electron chi connectivity index (χ3n) is 8.29. The zero-order valence-corrected chi connectivity index (χ0v) is 34.2. The standard InChI is InChI=1S/C13H19ClO3.C11H13ClO2.C9H10O.C7H15NO.C2H3ClO/c1-16-13(17-2)11(12(15)9-14)8-10-6-4-3-5-7-10;12-7-11(14)10(8-13)6-9-4-2-1-3-5-9;10-8-4-7-9-5-2-1-3-6-9;1-7(2,9)6-4-3-5-8-6;3-1-2-4/h3-7,11-13,15H,8-9H2,1-2H3;1-5,8,10-11,14H,6-7H2;1-3,5-6,8H,4,7H2;6,8-9H,3-5H2,1-2H3;2H,1H2/t11-,12-;10-,11+;;6-;/m01.0./s1. The van der Waals surface area contributed by atoms with Gasteiger partial charge in [0.15, 0.2) is 6.29 Å². The number of rotatable bonds is 17. The molecule has 1 aliphatic rings. The number of hydrogen-bond donors (Lipinski definition) is 4. The first kappa shape index (κ1) is 51.3. The van der Waals surface area contributed by atoms with Gasteiger partial charge in [0.05, 0.1) is 23.7 Å². The first-order valence-corrected chi connectivity index (χ1v) is 19.6. The van der Waals surface area contributed by atoms with E-state index in [0.29, 0.717) is 31.6 Å². The molecule has 0 aliphatic carbocycles. The van der Waals surface area contributed by atoms with Crippen molar-refractivity contribution < 1.29 is 39.2 Å². The van der Waals surface area contributed by atoms with Crippen LogP contribution in [0.1, 0.15) is 49.8 Å². The monoisotopic (exact) mass is 811 g/mol. The molecule has 12 heteroatoms. The van der Waals surface area contributed by atoms with Crippen molar-refractivity contribution in [2.24, 2.45) is 11.8 Å². The second-order valence-corrected chi connectivity index (χ2v) is 13.9. The lowest BCUT2D eigenvalue weighted by molar-refractivity contribution is -0.157. The van der Waals surface area contributed by atoms with Crippen LogP contribution < -0.4 is 5.32 Å². The maximum atomic E-state index is 10.7. The molecule has 4 N–H and O–H groups in total. The lowest BCUT2D eigenvalue weighted by atomic mass is 9.94. The van der Waals surface area contributed by atoms with Gasteiger partial charge in [-0.05, 0) is 69.2 Å². The second kappa shape index (κ2) is 32.5. The summed E-state index contributed by atoms with van der Waals surface area (Å²) in [4.78, 5) is 29.7. The fraction of sp³-hybridized carbons (Fsp3) is 0.500. The molecule has 1 saturated heterocycles. The van der Waals surface area contributed by atoms with Gasteiger partial charge >= 0.3 is 0 Å². The Morgan fingerprint density at radius 3 is 1.56 bits per heavy atom. The van der Waals surface area contributed by atoms with Crippen molar-refractivity contribution >= 4 is 53.7 Å². The van der Waals surface area contributed by atoms with Crippen molar-refractivity contribution in [3.63, 3.8) is 0 Å². The number of benzene rings is 3. The Hall–Kier alpha value is -2.70. The van der Waals surface area contributed by atoms with Crippen LogP contribution in [0.15, 0.2) is 91.0 Å². The van der Waals surface area contributed by atoms with Crippen molar-refractivity contribution in [3.8, 4) is 0 Å². The highest BCUT2D eigenvalue weighted by atomic mass is 35.5. The van der Waals surface area contributed by atoms with Gasteiger partial charge in [0.2, 0.25) is 0 Å². The molecule has 9 nitrogen and oxygen atoms in total. The maximum absolute atomic E-state index is 10.7. The highest BCUT2D eigenvalue weighted by Crippen LogP contribution is 2.20. The summed E-state index contributed by atoms with van der Waals surface area (Å²) in [7, 11) is 3.13. The van der Waals surface area contributed by atoms with Crippen LogP contribution in [-0.2, 0) is 43.1 Å². The molecule has 0 aromatic heterocycles. The number of alkyl halides is 3. The minimum absolute atomic E-state index is 0.0935. The van der Waals surface area contributed by atoms with E-state index in [1.807, 2.05) is 105 Å². The molecule has 0 saturated carbocycles. The van der Waals surface area contributed by atoms with Crippen LogP contribution in [0, 0.1) is 11.8 Å². The van der Waals surface area contributed by atoms with Crippen molar-refractivity contribution in [1.82, 2.24) is 5.32 Å². The quantitative estimate of drug-likeness (QED) is 0.0687. The number of aryl methyl sites for hydroxylation is 1. The summed E-state index contributed by atoms with van der Waals surface area (Å²) in [6.07, 6.45) is 5.51. The van der Waals surface area contributed by atoms with Crippen molar-refractivity contribution in [2.75, 3.05) is 38.4 Å². The lowest BCUT2D eigenvalue weighted by Gasteiger charge is -2.28. The summed E-state index contributed by atoms with van der Waals surface area (Å²) < 4.78 is 10.4. The van der Waals surface area contributed by atoms with Gasteiger partial charge in [0, 0.05) is 50.3 Å². The van der Waals surface area contributed by atoms with Crippen LogP contribution in [0.3, 0.4) is 0 Å². The Bertz CT molecular complexity index is 1310. The van der Waals surface area contributed by atoms with E-state index in [2.05, 4.69) is 5.32 Å². The smallest absolute Gasteiger partial charge is 0.162 e. The first-order valence-electron chi connectivity index (χ1n) is 18.0. The zero-order chi connectivity index (χ0) is 40.6. The van der Waals surface area contributed by atoms with Gasteiger partial charge in [-0.1, -0.05) is 91.0 Å². The minimum atomic E-state index is -0.755. The van der Waals surface area contributed by atoms with Gasteiger partial charge in [-0.3, -0.25) is 0 Å². The van der Waals surface area contributed by atoms with Crippen LogP contribution >= 0.6 is 34.8 Å². The summed E-state index contributed by atoms with van der Waals surface area (Å²) in [6, 6.07) is 29.8. The summed E-state index contributed by atoms with van der Waals surface area (Å²) >= 11 is 16.0. The number of methoxy groups -OCH3 is 2. The normalized spacial score (nSPS) is 15.5. The van der Waals surface area contributed by atoms with Crippen LogP contribution in [0.5, 0.6) is 0 Å². The van der Waals surface area contributed by atoms with Crippen LogP contribution in [0.25, 0.3) is 0 Å². The number of nitrogens with one attached hydrogen (secondary N) is 1. The zero-order valence-electron chi connectivity index (χ0n) is 31.9. The maximum Gasteiger partial charge on any atom is 0.162 e. The molecule has 1 fully saturated rings. The molecule has 0 bridgehead atoms. The average molecular weight is 813 g/mol. The molecule has 0 spiro atoms. The molecular formula is C42H60Cl3NO8. The predicted octanol–water partition coefficient (Wildman–Crippen LogP) is 6.46. The molecule has 1 heterocycles. The number of aliphatic hydroxyl groups excluding tert-OH is 2. The van der Waals surface area contributed by atoms with Gasteiger partial charge in [0.1, 0.15) is 18.9 Å². The van der Waals surface area contributed by atoms with E-state index in [0.717, 1.165) is 43.1 Å². The molecule has 0 amide bonds. The number of hydrogen-bond acceptors (Lipinski definition) is 9. The van der Waals surface area contributed by atoms with Gasteiger partial charge in [-0.2, -0.15) is 0 Å². The summed E-state index contributed by atoms with van der Waals surface area (Å²) in [6.45, 7) is 4.78. The third-order valence-corrected chi connectivity index (χ3v) is 9.05. The van der Waals surface area contributed by atoms with E-state index in [1.54, 1.807) is 14.2 Å². The molecule has 3 aromatic carbocycles. The number of ether oxygens (including phenoxy) is 2. The van der Waals surface area contributed by atoms with E-state index in [9.17, 15) is 24.9 Å². The molecule has 3 aromatic rings. The Morgan fingerprint density at radius 1 is 0.759 bits per heavy atom. The Kier molecular flexibility index (Phi) is 30.9. The van der Waals surface area contributed by atoms with E-state index < -0.39 is 30.0 Å². The van der Waals surface area contributed by atoms with Crippen LogP contribution in [0.2, 0.25) is 0 Å². The molecule has 5 atom stereocenters. The molecule has 0 unspecified atom stereocenters. The highest BCUT2D eigenvalue weighted by molar-refractivity contribution is 6.24. The minimum Gasteiger partial charge on any atom is -0.391 e. The summed E-state index contributed by atoms with van der Waals surface area (Å²) in [5.41, 5.74) is 2.86. The predicted molar refractivity (Wildman–Crippen MR) is 220 cm³/mol. The topological polar surface area (TPSA) is 142 Å². The summed E-state index contributed by atoms with van der Waals surface area (Å²) in [5, 5.41) is 32.0. The second-order valence-electron chi connectivity index (χ2n) is 12.9. The van der Waals surface area contributed by atoms with Crippen molar-refractivity contribution in [1.29, 1.82) is 0 Å². The van der Waals surface area contributed by atoms with E-state index in [-0.39, 0.29) is 23.6 Å². The SMILES string of the molecule is CC(C)(O)[C@@H]1CCCN1.COC(OC)[C@@H](Cc1ccccc1)[C@@H](O)CCl.O=CCCc1ccccc1.O=CCCl.O=C[C@@H](Cc1ccccc1)[C@@H](O)CCl. The molecule has 0 radical (unpaired) electrons. The number of aliphatic hydroxyl groups is 3. The van der Waals surface area contributed by atoms with Crippen molar-refractivity contribution in [2.45, 2.75) is 82.5 Å². The van der Waals surface area contributed by atoms with Gasteiger partial charge in [0.25, 0.3) is 0 Å². The largest absolute Gasteiger partial charge is 0.391 e. The van der Waals surface area contributed by atoms with Crippen LogP contribution in [0.4, 0.5) is 0 Å². The van der Waals surface area contributed by atoms with E-state index in [1.165, 1.54) is 12.0 Å². The summed E-state index contributed by atoms with van der Waals surface area (Å²) in [5.74, 6) is -0.212. The number of aldehydes is 3. The Morgan fingerprint density at radius 2 is 1.22 bits per heavy atom. The average Bonchev–Trinajstić information content (AvgIpc) is 3.77. The Balaban J connectivity index is 0.000000687. The van der Waals surface area contributed by atoms with Crippen molar-refractivity contribution in [3.05, 3.63) is 108 Å². The third kappa shape index (κ3) is 23.9. The fourth-order valence-electron chi connectivity index (χ4n) is 5.29. The van der Waals surface area contributed by atoms with Gasteiger partial charge in [-0.25, -0.2) is 0 Å². The molecule has 1 aliphatic heterocycles. The Labute approximate surface area is 337 Å². The molecule has 54 heavy (non-hydrogen) atoms. The molecular weight excluding hydrogens is 753 g/mol. The first-order chi connectivity index (χ1) is 25.9.